The summed E-state index contributed by atoms with van der Waals surface area (Å²) in [5, 5.41) is 2.97. The van der Waals surface area contributed by atoms with Crippen molar-refractivity contribution in [1.29, 1.82) is 0 Å². The topological polar surface area (TPSA) is 43.3 Å². The highest BCUT2D eigenvalue weighted by Gasteiger charge is 2.19. The second-order valence-electron chi connectivity index (χ2n) is 5.99. The number of ether oxygens (including phenoxy) is 1. The van der Waals surface area contributed by atoms with E-state index in [-0.39, 0.29) is 11.9 Å². The van der Waals surface area contributed by atoms with Crippen LogP contribution in [0.25, 0.3) is 0 Å². The number of benzene rings is 2. The fourth-order valence-electron chi connectivity index (χ4n) is 2.98. The molecule has 0 fully saturated rings. The number of nitrogens with zero attached hydrogens (tertiary/aromatic N) is 1. The van der Waals surface area contributed by atoms with Gasteiger partial charge in [-0.1, -0.05) is 30.3 Å². The van der Waals surface area contributed by atoms with Crippen LogP contribution in [0.15, 0.2) is 73.1 Å². The SMILES string of the molecule is COc1cccc(NC(=O)C[C@@H](c2ccccc2C)n2cccc2)c1. The zero-order valence-corrected chi connectivity index (χ0v) is 14.5. The molecule has 0 aliphatic heterocycles. The average Bonchev–Trinajstić information content (AvgIpc) is 3.15. The zero-order chi connectivity index (χ0) is 17.6. The molecule has 0 saturated carbocycles. The van der Waals surface area contributed by atoms with Gasteiger partial charge in [-0.3, -0.25) is 4.79 Å². The van der Waals surface area contributed by atoms with Crippen LogP contribution in [-0.4, -0.2) is 17.6 Å². The first-order valence-corrected chi connectivity index (χ1v) is 8.29. The number of aryl methyl sites for hydroxylation is 1. The number of aromatic nitrogens is 1. The summed E-state index contributed by atoms with van der Waals surface area (Å²) in [7, 11) is 1.61. The van der Waals surface area contributed by atoms with E-state index in [1.54, 1.807) is 7.11 Å². The Morgan fingerprint density at radius 1 is 1.08 bits per heavy atom. The summed E-state index contributed by atoms with van der Waals surface area (Å²) >= 11 is 0. The molecule has 128 valence electrons. The van der Waals surface area contributed by atoms with E-state index in [4.69, 9.17) is 4.74 Å². The Hall–Kier alpha value is -3.01. The molecule has 0 radical (unpaired) electrons. The first-order chi connectivity index (χ1) is 12.2. The van der Waals surface area contributed by atoms with Crippen LogP contribution in [0.3, 0.4) is 0 Å². The molecule has 1 N–H and O–H groups in total. The minimum absolute atomic E-state index is 0.0322. The summed E-state index contributed by atoms with van der Waals surface area (Å²) in [6, 6.07) is 19.5. The van der Waals surface area contributed by atoms with Gasteiger partial charge in [-0.2, -0.15) is 0 Å². The van der Waals surface area contributed by atoms with Crippen molar-refractivity contribution in [2.75, 3.05) is 12.4 Å². The van der Waals surface area contributed by atoms with Gasteiger partial charge < -0.3 is 14.6 Å². The van der Waals surface area contributed by atoms with Crippen LogP contribution in [0.2, 0.25) is 0 Å². The van der Waals surface area contributed by atoms with Gasteiger partial charge in [0.1, 0.15) is 5.75 Å². The van der Waals surface area contributed by atoms with Crippen molar-refractivity contribution in [2.24, 2.45) is 0 Å². The smallest absolute Gasteiger partial charge is 0.226 e. The normalized spacial score (nSPS) is 11.8. The second kappa shape index (κ2) is 7.71. The fraction of sp³-hybridized carbons (Fsp3) is 0.190. The lowest BCUT2D eigenvalue weighted by molar-refractivity contribution is -0.116. The number of nitrogens with one attached hydrogen (secondary N) is 1. The van der Waals surface area contributed by atoms with Crippen LogP contribution in [0.5, 0.6) is 5.75 Å². The highest BCUT2D eigenvalue weighted by atomic mass is 16.5. The van der Waals surface area contributed by atoms with Gasteiger partial charge in [0.15, 0.2) is 0 Å². The second-order valence-corrected chi connectivity index (χ2v) is 5.99. The van der Waals surface area contributed by atoms with E-state index in [0.29, 0.717) is 6.42 Å². The maximum absolute atomic E-state index is 12.6. The Balaban J connectivity index is 1.81. The van der Waals surface area contributed by atoms with Crippen LogP contribution in [0.4, 0.5) is 5.69 Å². The van der Waals surface area contributed by atoms with Crippen molar-refractivity contribution in [1.82, 2.24) is 4.57 Å². The molecule has 1 amide bonds. The molecule has 4 nitrogen and oxygen atoms in total. The van der Waals surface area contributed by atoms with Crippen molar-refractivity contribution in [3.8, 4) is 5.75 Å². The number of anilines is 1. The average molecular weight is 334 g/mol. The summed E-state index contributed by atoms with van der Waals surface area (Å²) in [6.07, 6.45) is 4.35. The molecular formula is C21H22N2O2. The van der Waals surface area contributed by atoms with E-state index < -0.39 is 0 Å². The van der Waals surface area contributed by atoms with Crippen LogP contribution in [-0.2, 0) is 4.79 Å². The van der Waals surface area contributed by atoms with E-state index in [1.165, 1.54) is 5.56 Å². The van der Waals surface area contributed by atoms with E-state index in [0.717, 1.165) is 17.0 Å². The van der Waals surface area contributed by atoms with E-state index >= 15 is 0 Å². The largest absolute Gasteiger partial charge is 0.497 e. The maximum Gasteiger partial charge on any atom is 0.226 e. The van der Waals surface area contributed by atoms with Gasteiger partial charge in [0, 0.05) is 24.1 Å². The molecule has 1 heterocycles. The lowest BCUT2D eigenvalue weighted by Crippen LogP contribution is -2.20. The summed E-state index contributed by atoms with van der Waals surface area (Å²) in [5.74, 6) is 0.689. The molecule has 3 rings (SSSR count). The Labute approximate surface area is 148 Å². The molecule has 1 atom stereocenters. The molecule has 0 aliphatic carbocycles. The standard InChI is InChI=1S/C21H22N2O2/c1-16-8-3-4-11-19(16)20(23-12-5-6-13-23)15-21(24)22-17-9-7-10-18(14-17)25-2/h3-14,20H,15H2,1-2H3,(H,22,24)/t20-/m0/s1. The Bertz CT molecular complexity index is 841. The van der Waals surface area contributed by atoms with Gasteiger partial charge in [0.05, 0.1) is 19.6 Å². The summed E-state index contributed by atoms with van der Waals surface area (Å²) in [5.41, 5.74) is 3.07. The molecule has 0 spiro atoms. The van der Waals surface area contributed by atoms with Crippen molar-refractivity contribution < 1.29 is 9.53 Å². The fourth-order valence-corrected chi connectivity index (χ4v) is 2.98. The minimum atomic E-state index is -0.0400. The van der Waals surface area contributed by atoms with Crippen molar-refractivity contribution in [2.45, 2.75) is 19.4 Å². The van der Waals surface area contributed by atoms with Crippen molar-refractivity contribution >= 4 is 11.6 Å². The highest BCUT2D eigenvalue weighted by Crippen LogP contribution is 2.26. The molecule has 0 aliphatic rings. The van der Waals surface area contributed by atoms with Crippen LogP contribution >= 0.6 is 0 Å². The first kappa shape index (κ1) is 16.8. The third kappa shape index (κ3) is 4.10. The number of carbonyl (C=O) groups is 1. The highest BCUT2D eigenvalue weighted by molar-refractivity contribution is 5.91. The minimum Gasteiger partial charge on any atom is -0.497 e. The number of rotatable bonds is 6. The third-order valence-electron chi connectivity index (χ3n) is 4.27. The van der Waals surface area contributed by atoms with Crippen LogP contribution in [0.1, 0.15) is 23.6 Å². The summed E-state index contributed by atoms with van der Waals surface area (Å²) < 4.78 is 7.28. The lowest BCUT2D eigenvalue weighted by Gasteiger charge is -2.21. The molecule has 25 heavy (non-hydrogen) atoms. The number of amides is 1. The number of hydrogen-bond acceptors (Lipinski definition) is 2. The lowest BCUT2D eigenvalue weighted by atomic mass is 9.98. The van der Waals surface area contributed by atoms with Gasteiger partial charge in [-0.05, 0) is 42.3 Å². The third-order valence-corrected chi connectivity index (χ3v) is 4.27. The van der Waals surface area contributed by atoms with Gasteiger partial charge in [0.2, 0.25) is 5.91 Å². The van der Waals surface area contributed by atoms with Gasteiger partial charge in [-0.15, -0.1) is 0 Å². The molecular weight excluding hydrogens is 312 g/mol. The van der Waals surface area contributed by atoms with Crippen LogP contribution < -0.4 is 10.1 Å². The quantitative estimate of drug-likeness (QED) is 0.725. The summed E-state index contributed by atoms with van der Waals surface area (Å²) in [4.78, 5) is 12.6. The van der Waals surface area contributed by atoms with E-state index in [1.807, 2.05) is 60.9 Å². The number of methoxy groups -OCH3 is 1. The first-order valence-electron chi connectivity index (χ1n) is 8.29. The molecule has 0 bridgehead atoms. The zero-order valence-electron chi connectivity index (χ0n) is 14.5. The Morgan fingerprint density at radius 2 is 1.84 bits per heavy atom. The molecule has 4 heteroatoms. The van der Waals surface area contributed by atoms with Crippen molar-refractivity contribution in [3.05, 3.63) is 84.2 Å². The van der Waals surface area contributed by atoms with E-state index in [9.17, 15) is 4.79 Å². The van der Waals surface area contributed by atoms with Gasteiger partial charge >= 0.3 is 0 Å². The molecule has 0 unspecified atom stereocenters. The Morgan fingerprint density at radius 3 is 2.56 bits per heavy atom. The molecule has 2 aromatic carbocycles. The van der Waals surface area contributed by atoms with Gasteiger partial charge in [0.25, 0.3) is 0 Å². The molecule has 3 aromatic rings. The van der Waals surface area contributed by atoms with Gasteiger partial charge in [-0.25, -0.2) is 0 Å². The maximum atomic E-state index is 12.6. The monoisotopic (exact) mass is 334 g/mol. The number of carbonyl (C=O) groups excluding carboxylic acids is 1. The molecule has 0 saturated heterocycles. The van der Waals surface area contributed by atoms with E-state index in [2.05, 4.69) is 28.9 Å². The predicted molar refractivity (Wildman–Crippen MR) is 100.0 cm³/mol. The van der Waals surface area contributed by atoms with Crippen LogP contribution in [0, 0.1) is 6.92 Å². The summed E-state index contributed by atoms with van der Waals surface area (Å²) in [6.45, 7) is 2.08. The van der Waals surface area contributed by atoms with Crippen molar-refractivity contribution in [3.63, 3.8) is 0 Å². The predicted octanol–water partition coefficient (Wildman–Crippen LogP) is 4.42. The Kier molecular flexibility index (Phi) is 5.19. The number of hydrogen-bond donors (Lipinski definition) is 1. The molecule has 1 aromatic heterocycles.